The molecule has 3 rings (SSSR count). The van der Waals surface area contributed by atoms with Gasteiger partial charge in [0.05, 0.1) is 4.88 Å². The zero-order valence-corrected chi connectivity index (χ0v) is 13.5. The summed E-state index contributed by atoms with van der Waals surface area (Å²) >= 11 is 1.21. The molecule has 2 atom stereocenters. The molecule has 2 aromatic rings. The fourth-order valence-electron chi connectivity index (χ4n) is 3.02. The Balaban J connectivity index is 2.13. The van der Waals surface area contributed by atoms with Gasteiger partial charge in [0.2, 0.25) is 0 Å². The average Bonchev–Trinajstić information content (AvgIpc) is 2.98. The van der Waals surface area contributed by atoms with Gasteiger partial charge in [-0.15, -0.1) is 11.3 Å². The number of hydrogen-bond donors (Lipinski definition) is 2. The number of allylic oxidation sites excluding steroid dienone is 2. The third-order valence-electron chi connectivity index (χ3n) is 4.41. The lowest BCUT2D eigenvalue weighted by atomic mass is 9.67. The number of rotatable bonds is 4. The van der Waals surface area contributed by atoms with Gasteiger partial charge in [0, 0.05) is 16.2 Å². The van der Waals surface area contributed by atoms with Crippen LogP contribution in [0.5, 0.6) is 0 Å². The molecule has 1 heterocycles. The molecule has 0 aliphatic heterocycles. The largest absolute Gasteiger partial charge is 0.480 e. The molecule has 0 saturated carbocycles. The minimum Gasteiger partial charge on any atom is -0.480 e. The second kappa shape index (κ2) is 5.72. The Morgan fingerprint density at radius 3 is 2.50 bits per heavy atom. The van der Waals surface area contributed by atoms with Crippen LogP contribution < -0.4 is 0 Å². The van der Waals surface area contributed by atoms with Crippen LogP contribution in [0.15, 0.2) is 54.1 Å². The summed E-state index contributed by atoms with van der Waals surface area (Å²) in [6, 6.07) is 9.04. The number of carbonyl (C=O) groups excluding carboxylic acids is 1. The molecule has 1 aromatic carbocycles. The van der Waals surface area contributed by atoms with Crippen molar-refractivity contribution in [2.24, 2.45) is 11.3 Å². The first-order chi connectivity index (χ1) is 11.4. The normalized spacial score (nSPS) is 23.0. The van der Waals surface area contributed by atoms with Crippen LogP contribution in [-0.2, 0) is 9.59 Å². The maximum absolute atomic E-state index is 13.1. The highest BCUT2D eigenvalue weighted by atomic mass is 32.1. The van der Waals surface area contributed by atoms with Gasteiger partial charge in [0.25, 0.3) is 0 Å². The number of thiophene rings is 1. The molecule has 2 unspecified atom stereocenters. The van der Waals surface area contributed by atoms with Gasteiger partial charge in [-0.1, -0.05) is 43.4 Å². The molecule has 0 spiro atoms. The standard InChI is InChI=1S/C18H14O5S/c1-10-12(16(20)21)6-4-8-18(10,17(22)23)15(19)14-9-11-5-2-3-7-13(11)24-14/h2-10H,1H3,(H,20,21)(H,22,23). The first kappa shape index (κ1) is 16.1. The summed E-state index contributed by atoms with van der Waals surface area (Å²) in [5, 5.41) is 19.9. The third-order valence-corrected chi connectivity index (χ3v) is 5.53. The topological polar surface area (TPSA) is 91.7 Å². The quantitative estimate of drug-likeness (QED) is 0.656. The summed E-state index contributed by atoms with van der Waals surface area (Å²) in [5.41, 5.74) is -2.00. The highest BCUT2D eigenvalue weighted by molar-refractivity contribution is 7.20. The van der Waals surface area contributed by atoms with Gasteiger partial charge in [-0.25, -0.2) is 4.79 Å². The second-order valence-electron chi connectivity index (χ2n) is 5.66. The zero-order chi connectivity index (χ0) is 17.5. The molecule has 1 aromatic heterocycles. The van der Waals surface area contributed by atoms with Crippen LogP contribution in [0.1, 0.15) is 16.6 Å². The minimum atomic E-state index is -1.91. The van der Waals surface area contributed by atoms with Gasteiger partial charge < -0.3 is 10.2 Å². The van der Waals surface area contributed by atoms with E-state index < -0.39 is 29.1 Å². The predicted octanol–water partition coefficient (Wildman–Crippen LogP) is 3.37. The first-order valence-electron chi connectivity index (χ1n) is 7.27. The minimum absolute atomic E-state index is 0.0886. The number of hydrogen-bond acceptors (Lipinski definition) is 4. The van der Waals surface area contributed by atoms with Crippen molar-refractivity contribution in [3.8, 4) is 0 Å². The highest BCUT2D eigenvalue weighted by Gasteiger charge is 2.52. The van der Waals surface area contributed by atoms with E-state index in [0.29, 0.717) is 4.88 Å². The number of carbonyl (C=O) groups is 3. The lowest BCUT2D eigenvalue weighted by Crippen LogP contribution is -2.45. The van der Waals surface area contributed by atoms with Crippen molar-refractivity contribution in [1.29, 1.82) is 0 Å². The molecule has 1 aliphatic rings. The van der Waals surface area contributed by atoms with E-state index >= 15 is 0 Å². The van der Waals surface area contributed by atoms with Gasteiger partial charge in [0.1, 0.15) is 0 Å². The molecule has 0 bridgehead atoms. The molecule has 24 heavy (non-hydrogen) atoms. The summed E-state index contributed by atoms with van der Waals surface area (Å²) < 4.78 is 0.878. The highest BCUT2D eigenvalue weighted by Crippen LogP contribution is 2.42. The van der Waals surface area contributed by atoms with Gasteiger partial charge in [-0.3, -0.25) is 9.59 Å². The molecule has 0 amide bonds. The Kier molecular flexibility index (Phi) is 3.85. The maximum Gasteiger partial charge on any atom is 0.331 e. The van der Waals surface area contributed by atoms with E-state index in [9.17, 15) is 24.6 Å². The Bertz CT molecular complexity index is 887. The number of carboxylic acids is 2. The van der Waals surface area contributed by atoms with E-state index in [1.54, 1.807) is 6.07 Å². The van der Waals surface area contributed by atoms with Crippen LogP contribution in [0.25, 0.3) is 10.1 Å². The zero-order valence-electron chi connectivity index (χ0n) is 12.7. The fourth-order valence-corrected chi connectivity index (χ4v) is 4.09. The van der Waals surface area contributed by atoms with E-state index in [-0.39, 0.29) is 5.57 Å². The summed E-state index contributed by atoms with van der Waals surface area (Å²) in [6.45, 7) is 1.46. The molecule has 0 fully saturated rings. The molecule has 0 saturated heterocycles. The van der Waals surface area contributed by atoms with E-state index in [1.165, 1.54) is 36.5 Å². The average molecular weight is 342 g/mol. The van der Waals surface area contributed by atoms with Crippen molar-refractivity contribution >= 4 is 39.1 Å². The van der Waals surface area contributed by atoms with E-state index in [1.807, 2.05) is 24.3 Å². The second-order valence-corrected chi connectivity index (χ2v) is 6.74. The Morgan fingerprint density at radius 2 is 1.88 bits per heavy atom. The molecular weight excluding hydrogens is 328 g/mol. The molecule has 1 aliphatic carbocycles. The maximum atomic E-state index is 13.1. The van der Waals surface area contributed by atoms with Gasteiger partial charge in [0.15, 0.2) is 11.2 Å². The lowest BCUT2D eigenvalue weighted by molar-refractivity contribution is -0.145. The molecule has 0 radical (unpaired) electrons. The number of ketones is 1. The first-order valence-corrected chi connectivity index (χ1v) is 8.09. The molecule has 122 valence electrons. The number of Topliss-reactive ketones (excluding diaryl/α,β-unsaturated/α-hetero) is 1. The smallest absolute Gasteiger partial charge is 0.331 e. The van der Waals surface area contributed by atoms with Gasteiger partial charge in [-0.2, -0.15) is 0 Å². The SMILES string of the molecule is CC1C(C(=O)O)=CC=CC1(C(=O)O)C(=O)c1cc2ccccc2s1. The van der Waals surface area contributed by atoms with Crippen LogP contribution >= 0.6 is 11.3 Å². The van der Waals surface area contributed by atoms with E-state index in [0.717, 1.165) is 10.1 Å². The van der Waals surface area contributed by atoms with Gasteiger partial charge >= 0.3 is 11.9 Å². The van der Waals surface area contributed by atoms with Crippen molar-refractivity contribution in [3.05, 3.63) is 59.0 Å². The summed E-state index contributed by atoms with van der Waals surface area (Å²) in [6.07, 6.45) is 3.97. The number of fused-ring (bicyclic) bond motifs is 1. The summed E-state index contributed by atoms with van der Waals surface area (Å²) in [4.78, 5) is 36.7. The van der Waals surface area contributed by atoms with Crippen LogP contribution in [0, 0.1) is 11.3 Å². The Morgan fingerprint density at radius 1 is 1.17 bits per heavy atom. The summed E-state index contributed by atoms with van der Waals surface area (Å²) in [5.74, 6) is -4.14. The predicted molar refractivity (Wildman–Crippen MR) is 90.2 cm³/mol. The molecule has 5 nitrogen and oxygen atoms in total. The van der Waals surface area contributed by atoms with Crippen molar-refractivity contribution in [3.63, 3.8) is 0 Å². The van der Waals surface area contributed by atoms with Crippen LogP contribution in [0.3, 0.4) is 0 Å². The Hall–Kier alpha value is -2.73. The fraction of sp³-hybridized carbons (Fsp3) is 0.167. The van der Waals surface area contributed by atoms with Crippen molar-refractivity contribution in [1.82, 2.24) is 0 Å². The summed E-state index contributed by atoms with van der Waals surface area (Å²) in [7, 11) is 0. The van der Waals surface area contributed by atoms with Crippen LogP contribution in [0.4, 0.5) is 0 Å². The van der Waals surface area contributed by atoms with Crippen molar-refractivity contribution in [2.75, 3.05) is 0 Å². The molecule has 6 heteroatoms. The lowest BCUT2D eigenvalue weighted by Gasteiger charge is -2.33. The third kappa shape index (κ3) is 2.27. The number of carboxylic acid groups (broad SMARTS) is 2. The van der Waals surface area contributed by atoms with Crippen LogP contribution in [0.2, 0.25) is 0 Å². The van der Waals surface area contributed by atoms with Gasteiger partial charge in [-0.05, 0) is 17.5 Å². The van der Waals surface area contributed by atoms with E-state index in [2.05, 4.69) is 0 Å². The molecule has 2 N–H and O–H groups in total. The monoisotopic (exact) mass is 342 g/mol. The van der Waals surface area contributed by atoms with Crippen molar-refractivity contribution < 1.29 is 24.6 Å². The van der Waals surface area contributed by atoms with E-state index in [4.69, 9.17) is 0 Å². The number of aliphatic carboxylic acids is 2. The Labute approximate surface area is 141 Å². The number of benzene rings is 1. The molecular formula is C18H14O5S. The van der Waals surface area contributed by atoms with Crippen molar-refractivity contribution in [2.45, 2.75) is 6.92 Å². The van der Waals surface area contributed by atoms with Crippen LogP contribution in [-0.4, -0.2) is 27.9 Å².